The third-order valence-electron chi connectivity index (χ3n) is 2.00. The van der Waals surface area contributed by atoms with Crippen LogP contribution in [-0.2, 0) is 0 Å². The molecule has 0 saturated heterocycles. The zero-order valence-electron chi connectivity index (χ0n) is 11.8. The fraction of sp³-hybridized carbons (Fsp3) is 1.00. The van der Waals surface area contributed by atoms with Gasteiger partial charge >= 0.3 is 0 Å². The second-order valence-electron chi connectivity index (χ2n) is 4.43. The first-order chi connectivity index (χ1) is 7.54. The maximum Gasteiger partial charge on any atom is 0.0431 e. The summed E-state index contributed by atoms with van der Waals surface area (Å²) in [6.07, 6.45) is 4.39. The Hall–Kier alpha value is 0.460. The molecule has 0 bridgehead atoms. The molecule has 17 heavy (non-hydrogen) atoms. The van der Waals surface area contributed by atoms with Gasteiger partial charge in [0, 0.05) is 12.5 Å². The standard InChI is InChI=1S/C6H14ClN.C6H15NO.ClH/c1-8(2)6-4-3-5-7;1-7(2)5-3-4-6-8;/h3-6H2,1-2H3;8H,3-6H2,1-2H3;1H. The van der Waals surface area contributed by atoms with Crippen LogP contribution < -0.4 is 0 Å². The molecule has 0 aromatic rings. The normalized spacial score (nSPS) is 9.88. The molecule has 0 saturated carbocycles. The SMILES string of the molecule is CN(C)CCCCCl.CN(C)CCCCO.Cl. The number of nitrogens with zero attached hydrogens (tertiary/aromatic N) is 2. The molecule has 0 rings (SSSR count). The summed E-state index contributed by atoms with van der Waals surface area (Å²) in [6.45, 7) is 2.57. The predicted octanol–water partition coefficient (Wildman–Crippen LogP) is 2.31. The summed E-state index contributed by atoms with van der Waals surface area (Å²) < 4.78 is 0. The van der Waals surface area contributed by atoms with Crippen LogP contribution in [0.1, 0.15) is 25.7 Å². The fourth-order valence-electron chi connectivity index (χ4n) is 1.06. The minimum atomic E-state index is 0. The molecule has 0 atom stereocenters. The Kier molecular flexibility index (Phi) is 25.0. The van der Waals surface area contributed by atoms with Gasteiger partial charge in [0.05, 0.1) is 0 Å². The van der Waals surface area contributed by atoms with Crippen LogP contribution >= 0.6 is 24.0 Å². The van der Waals surface area contributed by atoms with Crippen LogP contribution in [0.2, 0.25) is 0 Å². The van der Waals surface area contributed by atoms with Crippen LogP contribution in [0.3, 0.4) is 0 Å². The lowest BCUT2D eigenvalue weighted by Crippen LogP contribution is -2.12. The minimum Gasteiger partial charge on any atom is -0.396 e. The van der Waals surface area contributed by atoms with Crippen molar-refractivity contribution in [2.24, 2.45) is 0 Å². The number of halogens is 2. The monoisotopic (exact) mass is 288 g/mol. The van der Waals surface area contributed by atoms with Gasteiger partial charge in [0.25, 0.3) is 0 Å². The van der Waals surface area contributed by atoms with Crippen molar-refractivity contribution in [1.82, 2.24) is 9.80 Å². The van der Waals surface area contributed by atoms with Gasteiger partial charge in [-0.1, -0.05) is 0 Å². The summed E-state index contributed by atoms with van der Waals surface area (Å²) in [5.41, 5.74) is 0. The van der Waals surface area contributed by atoms with Gasteiger partial charge in [-0.25, -0.2) is 0 Å². The molecule has 0 aromatic carbocycles. The minimum absolute atomic E-state index is 0. The quantitative estimate of drug-likeness (QED) is 0.549. The van der Waals surface area contributed by atoms with Gasteiger partial charge in [-0.3, -0.25) is 0 Å². The number of hydrogen-bond donors (Lipinski definition) is 1. The molecule has 3 nitrogen and oxygen atoms in total. The molecule has 108 valence electrons. The Morgan fingerprint density at radius 3 is 1.53 bits per heavy atom. The highest BCUT2D eigenvalue weighted by atomic mass is 35.5. The summed E-state index contributed by atoms with van der Waals surface area (Å²) >= 11 is 5.47. The van der Waals surface area contributed by atoms with E-state index in [-0.39, 0.29) is 12.4 Å². The van der Waals surface area contributed by atoms with Crippen molar-refractivity contribution in [3.63, 3.8) is 0 Å². The van der Waals surface area contributed by atoms with Crippen molar-refractivity contribution in [2.75, 3.05) is 53.8 Å². The van der Waals surface area contributed by atoms with Crippen molar-refractivity contribution in [3.05, 3.63) is 0 Å². The Labute approximate surface area is 119 Å². The number of rotatable bonds is 8. The largest absolute Gasteiger partial charge is 0.396 e. The highest BCUT2D eigenvalue weighted by molar-refractivity contribution is 6.17. The molecule has 0 aromatic heterocycles. The molecule has 0 aliphatic rings. The first kappa shape index (κ1) is 22.6. The van der Waals surface area contributed by atoms with Gasteiger partial charge in [0.2, 0.25) is 0 Å². The molecule has 0 spiro atoms. The van der Waals surface area contributed by atoms with Crippen molar-refractivity contribution < 1.29 is 5.11 Å². The molecular formula is C12H30Cl2N2O. The Balaban J connectivity index is -0.000000218. The lowest BCUT2D eigenvalue weighted by Gasteiger charge is -2.06. The van der Waals surface area contributed by atoms with Crippen LogP contribution in [0.4, 0.5) is 0 Å². The van der Waals surface area contributed by atoms with Gasteiger partial charge < -0.3 is 14.9 Å². The van der Waals surface area contributed by atoms with Crippen LogP contribution in [0.15, 0.2) is 0 Å². The van der Waals surface area contributed by atoms with Gasteiger partial charge in [0.1, 0.15) is 0 Å². The van der Waals surface area contributed by atoms with Crippen molar-refractivity contribution in [3.8, 4) is 0 Å². The van der Waals surface area contributed by atoms with Crippen LogP contribution in [-0.4, -0.2) is 68.7 Å². The smallest absolute Gasteiger partial charge is 0.0431 e. The van der Waals surface area contributed by atoms with Gasteiger partial charge in [-0.15, -0.1) is 24.0 Å². The second kappa shape index (κ2) is 18.8. The molecule has 0 heterocycles. The molecule has 0 radical (unpaired) electrons. The number of aliphatic hydroxyl groups excluding tert-OH is 1. The second-order valence-corrected chi connectivity index (χ2v) is 4.81. The van der Waals surface area contributed by atoms with E-state index >= 15 is 0 Å². The summed E-state index contributed by atoms with van der Waals surface area (Å²) in [7, 11) is 8.23. The molecule has 0 unspecified atom stereocenters. The maximum absolute atomic E-state index is 8.36. The topological polar surface area (TPSA) is 26.7 Å². The Morgan fingerprint density at radius 2 is 1.24 bits per heavy atom. The molecule has 0 aliphatic heterocycles. The number of unbranched alkanes of at least 4 members (excludes halogenated alkanes) is 2. The lowest BCUT2D eigenvalue weighted by atomic mass is 10.3. The molecular weight excluding hydrogens is 259 g/mol. The zero-order valence-corrected chi connectivity index (χ0v) is 13.4. The highest BCUT2D eigenvalue weighted by Crippen LogP contribution is 1.91. The molecule has 0 fully saturated rings. The molecule has 5 heteroatoms. The van der Waals surface area contributed by atoms with Crippen LogP contribution in [0, 0.1) is 0 Å². The Morgan fingerprint density at radius 1 is 0.824 bits per heavy atom. The van der Waals surface area contributed by atoms with E-state index in [4.69, 9.17) is 16.7 Å². The van der Waals surface area contributed by atoms with Gasteiger partial charge in [0.15, 0.2) is 0 Å². The van der Waals surface area contributed by atoms with E-state index in [9.17, 15) is 0 Å². The van der Waals surface area contributed by atoms with Crippen molar-refractivity contribution in [2.45, 2.75) is 25.7 Å². The van der Waals surface area contributed by atoms with E-state index < -0.39 is 0 Å². The number of aliphatic hydroxyl groups is 1. The average Bonchev–Trinajstić information content (AvgIpc) is 2.18. The number of hydrogen-bond acceptors (Lipinski definition) is 3. The van der Waals surface area contributed by atoms with Crippen molar-refractivity contribution in [1.29, 1.82) is 0 Å². The van der Waals surface area contributed by atoms with Crippen LogP contribution in [0.5, 0.6) is 0 Å². The molecule has 0 aliphatic carbocycles. The third-order valence-corrected chi connectivity index (χ3v) is 2.27. The third kappa shape index (κ3) is 31.5. The Bertz CT molecular complexity index is 111. The highest BCUT2D eigenvalue weighted by Gasteiger charge is 1.87. The maximum atomic E-state index is 8.36. The van der Waals surface area contributed by atoms with E-state index in [0.717, 1.165) is 38.2 Å². The first-order valence-electron chi connectivity index (χ1n) is 6.00. The average molecular weight is 289 g/mol. The van der Waals surface area contributed by atoms with Gasteiger partial charge in [-0.2, -0.15) is 0 Å². The van der Waals surface area contributed by atoms with E-state index in [1.54, 1.807) is 0 Å². The summed E-state index contributed by atoms with van der Waals surface area (Å²) in [6, 6.07) is 0. The fourth-order valence-corrected chi connectivity index (χ4v) is 1.25. The summed E-state index contributed by atoms with van der Waals surface area (Å²) in [4.78, 5) is 4.29. The summed E-state index contributed by atoms with van der Waals surface area (Å²) in [5.74, 6) is 0.799. The van der Waals surface area contributed by atoms with E-state index in [2.05, 4.69) is 23.9 Å². The number of alkyl halides is 1. The van der Waals surface area contributed by atoms with E-state index in [0.29, 0.717) is 6.61 Å². The molecule has 1 N–H and O–H groups in total. The van der Waals surface area contributed by atoms with E-state index in [1.807, 2.05) is 14.1 Å². The van der Waals surface area contributed by atoms with Crippen molar-refractivity contribution >= 4 is 24.0 Å². The molecule has 0 amide bonds. The predicted molar refractivity (Wildman–Crippen MR) is 80.6 cm³/mol. The van der Waals surface area contributed by atoms with E-state index in [1.165, 1.54) is 6.42 Å². The van der Waals surface area contributed by atoms with Gasteiger partial charge in [-0.05, 0) is 67.0 Å². The van der Waals surface area contributed by atoms with Crippen LogP contribution in [0.25, 0.3) is 0 Å². The summed E-state index contributed by atoms with van der Waals surface area (Å²) in [5, 5.41) is 8.36. The first-order valence-corrected chi connectivity index (χ1v) is 6.54. The lowest BCUT2D eigenvalue weighted by molar-refractivity contribution is 0.273. The zero-order chi connectivity index (χ0) is 12.8.